The highest BCUT2D eigenvalue weighted by Gasteiger charge is 2.09. The van der Waals surface area contributed by atoms with E-state index in [1.54, 1.807) is 36.4 Å². The Morgan fingerprint density at radius 2 is 1.75 bits per heavy atom. The molecule has 0 aliphatic carbocycles. The van der Waals surface area contributed by atoms with Gasteiger partial charge in [-0.15, -0.1) is 0 Å². The van der Waals surface area contributed by atoms with Gasteiger partial charge < -0.3 is 10.6 Å². The van der Waals surface area contributed by atoms with E-state index in [0.717, 1.165) is 4.57 Å². The molecule has 0 saturated heterocycles. The molecule has 3 rings (SSSR count). The van der Waals surface area contributed by atoms with Gasteiger partial charge in [-0.1, -0.05) is 6.07 Å². The molecule has 10 heteroatoms. The highest BCUT2D eigenvalue weighted by Crippen LogP contribution is 2.16. The topological polar surface area (TPSA) is 126 Å². The molecular weight excluding hydrogens is 430 g/mol. The number of hydrogen-bond acceptors (Lipinski definition) is 5. The van der Waals surface area contributed by atoms with E-state index in [4.69, 9.17) is 0 Å². The standard InChI is InChI=1S/C18H14BrN5O4/c19-14-9-24(18(28)23-17(14)27)10-15(25)21-12-2-1-3-13(8-12)22-16(26)11-4-6-20-7-5-11/h1-9H,10H2,(H,21,25)(H,22,26)(H,23,27,28). The van der Waals surface area contributed by atoms with Gasteiger partial charge in [0.05, 0.1) is 4.47 Å². The maximum absolute atomic E-state index is 12.2. The van der Waals surface area contributed by atoms with Crippen LogP contribution in [0.2, 0.25) is 0 Å². The molecule has 0 radical (unpaired) electrons. The van der Waals surface area contributed by atoms with Crippen LogP contribution in [0.25, 0.3) is 0 Å². The van der Waals surface area contributed by atoms with Crippen LogP contribution in [0, 0.1) is 0 Å². The monoisotopic (exact) mass is 443 g/mol. The van der Waals surface area contributed by atoms with Crippen molar-refractivity contribution >= 4 is 39.1 Å². The number of nitrogens with zero attached hydrogens (tertiary/aromatic N) is 2. The number of carbonyl (C=O) groups is 2. The molecule has 2 aromatic heterocycles. The third-order valence-electron chi connectivity index (χ3n) is 3.63. The lowest BCUT2D eigenvalue weighted by Gasteiger charge is -2.10. The van der Waals surface area contributed by atoms with Crippen molar-refractivity contribution in [2.24, 2.45) is 0 Å². The lowest BCUT2D eigenvalue weighted by molar-refractivity contribution is -0.116. The van der Waals surface area contributed by atoms with E-state index in [9.17, 15) is 19.2 Å². The number of hydrogen-bond donors (Lipinski definition) is 3. The number of nitrogens with one attached hydrogen (secondary N) is 3. The molecule has 28 heavy (non-hydrogen) atoms. The van der Waals surface area contributed by atoms with E-state index in [1.807, 2.05) is 0 Å². The Hall–Kier alpha value is -3.53. The number of carbonyl (C=O) groups excluding carboxylic acids is 2. The van der Waals surface area contributed by atoms with Crippen LogP contribution in [0.5, 0.6) is 0 Å². The summed E-state index contributed by atoms with van der Waals surface area (Å²) in [7, 11) is 0. The quantitative estimate of drug-likeness (QED) is 0.551. The van der Waals surface area contributed by atoms with E-state index < -0.39 is 17.2 Å². The van der Waals surface area contributed by atoms with Gasteiger partial charge in [0.25, 0.3) is 11.5 Å². The Morgan fingerprint density at radius 3 is 2.46 bits per heavy atom. The SMILES string of the molecule is O=C(Cn1cc(Br)c(=O)[nH]c1=O)Nc1cccc(NC(=O)c2ccncc2)c1. The van der Waals surface area contributed by atoms with Crippen molar-refractivity contribution in [2.45, 2.75) is 6.54 Å². The Bertz CT molecular complexity index is 1140. The van der Waals surface area contributed by atoms with Gasteiger partial charge in [0.2, 0.25) is 5.91 Å². The van der Waals surface area contributed by atoms with Gasteiger partial charge in [0, 0.05) is 35.5 Å². The average Bonchev–Trinajstić information content (AvgIpc) is 2.67. The van der Waals surface area contributed by atoms with Crippen molar-refractivity contribution in [1.82, 2.24) is 14.5 Å². The molecule has 0 aliphatic heterocycles. The van der Waals surface area contributed by atoms with Crippen molar-refractivity contribution < 1.29 is 9.59 Å². The fraction of sp³-hybridized carbons (Fsp3) is 0.0556. The third kappa shape index (κ3) is 4.80. The van der Waals surface area contributed by atoms with Crippen molar-refractivity contribution in [2.75, 3.05) is 10.6 Å². The van der Waals surface area contributed by atoms with E-state index in [-0.39, 0.29) is 16.9 Å². The van der Waals surface area contributed by atoms with Crippen LogP contribution < -0.4 is 21.9 Å². The Morgan fingerprint density at radius 1 is 1.07 bits per heavy atom. The van der Waals surface area contributed by atoms with Gasteiger partial charge >= 0.3 is 5.69 Å². The van der Waals surface area contributed by atoms with Gasteiger partial charge in [0.15, 0.2) is 0 Å². The molecular formula is C18H14BrN5O4. The summed E-state index contributed by atoms with van der Waals surface area (Å²) in [4.78, 5) is 53.4. The van der Waals surface area contributed by atoms with Crippen LogP contribution in [0.4, 0.5) is 11.4 Å². The predicted octanol–water partition coefficient (Wildman–Crippen LogP) is 1.59. The Balaban J connectivity index is 1.68. The summed E-state index contributed by atoms with van der Waals surface area (Å²) in [6.07, 6.45) is 4.28. The Kier molecular flexibility index (Phi) is 5.80. The minimum absolute atomic E-state index is 0.140. The number of benzene rings is 1. The van der Waals surface area contributed by atoms with Crippen molar-refractivity contribution in [3.8, 4) is 0 Å². The normalized spacial score (nSPS) is 10.3. The lowest BCUT2D eigenvalue weighted by Crippen LogP contribution is -2.33. The maximum Gasteiger partial charge on any atom is 0.328 e. The first kappa shape index (κ1) is 19.2. The van der Waals surface area contributed by atoms with Crippen LogP contribution in [-0.2, 0) is 11.3 Å². The summed E-state index contributed by atoms with van der Waals surface area (Å²) >= 11 is 3.01. The largest absolute Gasteiger partial charge is 0.328 e. The predicted molar refractivity (Wildman–Crippen MR) is 106 cm³/mol. The van der Waals surface area contributed by atoms with E-state index in [0.29, 0.717) is 16.9 Å². The number of rotatable bonds is 5. The highest BCUT2D eigenvalue weighted by molar-refractivity contribution is 9.10. The first-order valence-corrected chi connectivity index (χ1v) is 8.82. The number of H-pyrrole nitrogens is 1. The molecule has 3 N–H and O–H groups in total. The average molecular weight is 444 g/mol. The molecule has 142 valence electrons. The van der Waals surface area contributed by atoms with Crippen LogP contribution in [0.3, 0.4) is 0 Å². The van der Waals surface area contributed by atoms with Gasteiger partial charge in [-0.3, -0.25) is 28.9 Å². The number of aromatic nitrogens is 3. The summed E-state index contributed by atoms with van der Waals surface area (Å²) in [5.74, 6) is -0.783. The van der Waals surface area contributed by atoms with E-state index in [2.05, 4.69) is 36.5 Å². The minimum atomic E-state index is -0.693. The Labute approximate surface area is 166 Å². The van der Waals surface area contributed by atoms with Crippen LogP contribution >= 0.6 is 15.9 Å². The van der Waals surface area contributed by atoms with Gasteiger partial charge in [-0.25, -0.2) is 4.79 Å². The molecule has 9 nitrogen and oxygen atoms in total. The zero-order valence-corrected chi connectivity index (χ0v) is 15.9. The molecule has 3 aromatic rings. The number of anilines is 2. The van der Waals surface area contributed by atoms with Gasteiger partial charge in [-0.2, -0.15) is 0 Å². The molecule has 0 saturated carbocycles. The summed E-state index contributed by atoms with van der Waals surface area (Å²) in [5, 5.41) is 5.36. The second-order valence-electron chi connectivity index (χ2n) is 5.68. The molecule has 0 fully saturated rings. The first-order chi connectivity index (χ1) is 13.4. The van der Waals surface area contributed by atoms with Crippen molar-refractivity contribution in [1.29, 1.82) is 0 Å². The van der Waals surface area contributed by atoms with E-state index in [1.165, 1.54) is 18.6 Å². The molecule has 2 heterocycles. The summed E-state index contributed by atoms with van der Waals surface area (Å²) in [6, 6.07) is 9.74. The maximum atomic E-state index is 12.2. The van der Waals surface area contributed by atoms with Crippen LogP contribution in [-0.4, -0.2) is 26.3 Å². The molecule has 0 bridgehead atoms. The summed E-state index contributed by atoms with van der Waals surface area (Å²) in [6.45, 7) is -0.290. The fourth-order valence-corrected chi connectivity index (χ4v) is 2.68. The molecule has 0 unspecified atom stereocenters. The lowest BCUT2D eigenvalue weighted by atomic mass is 10.2. The molecule has 2 amide bonds. The van der Waals surface area contributed by atoms with Gasteiger partial charge in [0.1, 0.15) is 6.54 Å². The number of aromatic amines is 1. The summed E-state index contributed by atoms with van der Waals surface area (Å²) in [5.41, 5.74) is 0.117. The van der Waals surface area contributed by atoms with Crippen LogP contribution in [0.1, 0.15) is 10.4 Å². The summed E-state index contributed by atoms with van der Waals surface area (Å²) < 4.78 is 1.20. The van der Waals surface area contributed by atoms with Crippen molar-refractivity contribution in [3.05, 3.63) is 85.9 Å². The zero-order valence-electron chi connectivity index (χ0n) is 14.3. The van der Waals surface area contributed by atoms with Crippen molar-refractivity contribution in [3.63, 3.8) is 0 Å². The molecule has 1 aromatic carbocycles. The molecule has 0 spiro atoms. The smallest absolute Gasteiger partial charge is 0.324 e. The number of amides is 2. The second-order valence-corrected chi connectivity index (χ2v) is 6.54. The van der Waals surface area contributed by atoms with Gasteiger partial charge in [-0.05, 0) is 46.3 Å². The first-order valence-electron chi connectivity index (χ1n) is 8.03. The molecule has 0 atom stereocenters. The molecule has 0 aliphatic rings. The minimum Gasteiger partial charge on any atom is -0.324 e. The highest BCUT2D eigenvalue weighted by atomic mass is 79.9. The van der Waals surface area contributed by atoms with Crippen LogP contribution in [0.15, 0.2) is 69.1 Å². The fourth-order valence-electron chi connectivity index (χ4n) is 2.34. The van der Waals surface area contributed by atoms with E-state index >= 15 is 0 Å². The number of halogens is 1. The zero-order chi connectivity index (χ0) is 20.1. The second kappa shape index (κ2) is 8.44. The number of pyridine rings is 1. The third-order valence-corrected chi connectivity index (χ3v) is 4.19.